The minimum Gasteiger partial charge on any atom is -0.491 e. The topological polar surface area (TPSA) is 73.6 Å². The summed E-state index contributed by atoms with van der Waals surface area (Å²) >= 11 is 1.49. The number of aryl methyl sites for hydroxylation is 1. The van der Waals surface area contributed by atoms with Crippen molar-refractivity contribution >= 4 is 28.8 Å². The third kappa shape index (κ3) is 5.74. The lowest BCUT2D eigenvalue weighted by atomic mass is 10.2. The molecule has 6 nitrogen and oxygen atoms in total. The molecule has 0 saturated heterocycles. The van der Waals surface area contributed by atoms with Gasteiger partial charge >= 0.3 is 5.97 Å². The quantitative estimate of drug-likeness (QED) is 0.423. The smallest absolute Gasteiger partial charge is 0.338 e. The molecule has 0 aliphatic heterocycles. The molecular formula is C22H26N2O4S. The molecule has 1 unspecified atom stereocenters. The molecule has 0 aliphatic carbocycles. The Bertz CT molecular complexity index is 953. The molecule has 2 aromatic carbocycles. The Balaban J connectivity index is 1.47. The van der Waals surface area contributed by atoms with Gasteiger partial charge < -0.3 is 19.1 Å². The molecule has 1 heterocycles. The SMILES string of the molecule is CC(C)COC(=O)c1ccc(OCC(O)CSc2nc3ccccc3n2C)cc1. The van der Waals surface area contributed by atoms with E-state index in [4.69, 9.17) is 9.47 Å². The average Bonchev–Trinajstić information content (AvgIpc) is 3.05. The number of aromatic nitrogens is 2. The summed E-state index contributed by atoms with van der Waals surface area (Å²) in [6.45, 7) is 4.54. The van der Waals surface area contributed by atoms with E-state index < -0.39 is 6.10 Å². The van der Waals surface area contributed by atoms with E-state index in [9.17, 15) is 9.90 Å². The van der Waals surface area contributed by atoms with Crippen LogP contribution in [0.3, 0.4) is 0 Å². The number of hydrogen-bond donors (Lipinski definition) is 1. The number of hydrogen-bond acceptors (Lipinski definition) is 6. The van der Waals surface area contributed by atoms with Gasteiger partial charge in [-0.25, -0.2) is 9.78 Å². The van der Waals surface area contributed by atoms with Crippen molar-refractivity contribution in [3.8, 4) is 5.75 Å². The molecule has 154 valence electrons. The molecule has 1 aromatic heterocycles. The van der Waals surface area contributed by atoms with Gasteiger partial charge in [0.15, 0.2) is 5.16 Å². The van der Waals surface area contributed by atoms with Gasteiger partial charge in [0, 0.05) is 12.8 Å². The van der Waals surface area contributed by atoms with Crippen molar-refractivity contribution in [3.05, 3.63) is 54.1 Å². The number of carbonyl (C=O) groups is 1. The Morgan fingerprint density at radius 3 is 2.55 bits per heavy atom. The van der Waals surface area contributed by atoms with E-state index in [2.05, 4.69) is 4.98 Å². The van der Waals surface area contributed by atoms with E-state index in [0.29, 0.717) is 29.6 Å². The lowest BCUT2D eigenvalue weighted by Crippen LogP contribution is -2.20. The van der Waals surface area contributed by atoms with Gasteiger partial charge in [0.05, 0.1) is 29.3 Å². The molecule has 0 radical (unpaired) electrons. The van der Waals surface area contributed by atoms with Gasteiger partial charge in [0.25, 0.3) is 0 Å². The highest BCUT2D eigenvalue weighted by Crippen LogP contribution is 2.23. The average molecular weight is 415 g/mol. The van der Waals surface area contributed by atoms with Crippen LogP contribution in [-0.4, -0.2) is 45.7 Å². The van der Waals surface area contributed by atoms with Crippen molar-refractivity contribution < 1.29 is 19.4 Å². The van der Waals surface area contributed by atoms with Gasteiger partial charge in [-0.2, -0.15) is 0 Å². The Kier molecular flexibility index (Phi) is 7.17. The van der Waals surface area contributed by atoms with Gasteiger partial charge in [-0.3, -0.25) is 0 Å². The largest absolute Gasteiger partial charge is 0.491 e. The molecule has 0 fully saturated rings. The molecule has 1 N–H and O–H groups in total. The zero-order valence-electron chi connectivity index (χ0n) is 16.9. The molecule has 0 aliphatic rings. The number of fused-ring (bicyclic) bond motifs is 1. The van der Waals surface area contributed by atoms with Crippen LogP contribution in [0.4, 0.5) is 0 Å². The van der Waals surface area contributed by atoms with Gasteiger partial charge in [0.2, 0.25) is 0 Å². The Labute approximate surface area is 174 Å². The minimum atomic E-state index is -0.643. The lowest BCUT2D eigenvalue weighted by Gasteiger charge is -2.12. The molecule has 0 saturated carbocycles. The van der Waals surface area contributed by atoms with Crippen LogP contribution in [0, 0.1) is 5.92 Å². The summed E-state index contributed by atoms with van der Waals surface area (Å²) in [4.78, 5) is 16.5. The summed E-state index contributed by atoms with van der Waals surface area (Å²) in [6.07, 6.45) is -0.643. The fourth-order valence-corrected chi connectivity index (χ4v) is 3.57. The van der Waals surface area contributed by atoms with Crippen molar-refractivity contribution in [2.75, 3.05) is 19.0 Å². The molecule has 1 atom stereocenters. The maximum atomic E-state index is 11.9. The fourth-order valence-electron chi connectivity index (χ4n) is 2.68. The highest BCUT2D eigenvalue weighted by atomic mass is 32.2. The van der Waals surface area contributed by atoms with Crippen LogP contribution in [0.5, 0.6) is 5.75 Å². The summed E-state index contributed by atoms with van der Waals surface area (Å²) in [5.41, 5.74) is 2.49. The second-order valence-electron chi connectivity index (χ2n) is 7.23. The van der Waals surface area contributed by atoms with Gasteiger partial charge in [0.1, 0.15) is 12.4 Å². The predicted molar refractivity (Wildman–Crippen MR) is 115 cm³/mol. The Hall–Kier alpha value is -2.51. The Morgan fingerprint density at radius 2 is 1.86 bits per heavy atom. The number of aliphatic hydroxyl groups is 1. The molecule has 0 spiro atoms. The Morgan fingerprint density at radius 1 is 1.14 bits per heavy atom. The molecule has 0 amide bonds. The first-order valence-electron chi connectivity index (χ1n) is 9.56. The molecule has 3 aromatic rings. The van der Waals surface area contributed by atoms with Crippen molar-refractivity contribution in [2.24, 2.45) is 13.0 Å². The van der Waals surface area contributed by atoms with Crippen LogP contribution >= 0.6 is 11.8 Å². The molecule has 29 heavy (non-hydrogen) atoms. The predicted octanol–water partition coefficient (Wildman–Crippen LogP) is 3.92. The summed E-state index contributed by atoms with van der Waals surface area (Å²) in [6, 6.07) is 14.7. The molecular weight excluding hydrogens is 388 g/mol. The van der Waals surface area contributed by atoms with Crippen molar-refractivity contribution in [2.45, 2.75) is 25.1 Å². The highest BCUT2D eigenvalue weighted by molar-refractivity contribution is 7.99. The second kappa shape index (κ2) is 9.80. The van der Waals surface area contributed by atoms with E-state index in [1.54, 1.807) is 24.3 Å². The zero-order chi connectivity index (χ0) is 20.8. The molecule has 0 bridgehead atoms. The first kappa shape index (κ1) is 21.2. The highest BCUT2D eigenvalue weighted by Gasteiger charge is 2.12. The first-order chi connectivity index (χ1) is 13.9. The zero-order valence-corrected chi connectivity index (χ0v) is 17.7. The number of aliphatic hydroxyl groups excluding tert-OH is 1. The van der Waals surface area contributed by atoms with Gasteiger partial charge in [-0.15, -0.1) is 0 Å². The van der Waals surface area contributed by atoms with E-state index in [0.717, 1.165) is 16.2 Å². The minimum absolute atomic E-state index is 0.161. The number of nitrogens with zero attached hydrogens (tertiary/aromatic N) is 2. The third-order valence-corrected chi connectivity index (χ3v) is 5.41. The number of imidazole rings is 1. The van der Waals surface area contributed by atoms with Crippen molar-refractivity contribution in [1.82, 2.24) is 9.55 Å². The number of carbonyl (C=O) groups excluding carboxylic acids is 1. The van der Waals surface area contributed by atoms with Gasteiger partial charge in [-0.1, -0.05) is 37.7 Å². The second-order valence-corrected chi connectivity index (χ2v) is 8.22. The molecule has 7 heteroatoms. The molecule has 3 rings (SSSR count). The van der Waals surface area contributed by atoms with E-state index in [1.165, 1.54) is 11.8 Å². The number of para-hydroxylation sites is 2. The van der Waals surface area contributed by atoms with Crippen LogP contribution in [0.1, 0.15) is 24.2 Å². The van der Waals surface area contributed by atoms with Crippen LogP contribution in [0.15, 0.2) is 53.7 Å². The van der Waals surface area contributed by atoms with Crippen LogP contribution in [0.25, 0.3) is 11.0 Å². The summed E-state index contributed by atoms with van der Waals surface area (Å²) < 4.78 is 12.9. The number of thioether (sulfide) groups is 1. The summed E-state index contributed by atoms with van der Waals surface area (Å²) in [5, 5.41) is 11.1. The van der Waals surface area contributed by atoms with Crippen LogP contribution in [-0.2, 0) is 11.8 Å². The number of benzene rings is 2. The third-order valence-electron chi connectivity index (χ3n) is 4.23. The monoisotopic (exact) mass is 414 g/mol. The van der Waals surface area contributed by atoms with E-state index in [-0.39, 0.29) is 12.6 Å². The number of ether oxygens (including phenoxy) is 2. The first-order valence-corrected chi connectivity index (χ1v) is 10.5. The standard InChI is InChI=1S/C22H26N2O4S/c1-15(2)12-28-21(26)16-8-10-18(11-9-16)27-13-17(25)14-29-22-23-19-6-4-5-7-20(19)24(22)3/h4-11,15,17,25H,12-14H2,1-3H3. The lowest BCUT2D eigenvalue weighted by molar-refractivity contribution is 0.0459. The van der Waals surface area contributed by atoms with Crippen LogP contribution < -0.4 is 4.74 Å². The van der Waals surface area contributed by atoms with Crippen molar-refractivity contribution in [1.29, 1.82) is 0 Å². The van der Waals surface area contributed by atoms with E-state index >= 15 is 0 Å². The van der Waals surface area contributed by atoms with Gasteiger partial charge in [-0.05, 0) is 42.3 Å². The number of esters is 1. The van der Waals surface area contributed by atoms with E-state index in [1.807, 2.05) is 49.7 Å². The van der Waals surface area contributed by atoms with Crippen LogP contribution in [0.2, 0.25) is 0 Å². The maximum absolute atomic E-state index is 11.9. The maximum Gasteiger partial charge on any atom is 0.338 e. The van der Waals surface area contributed by atoms with Crippen molar-refractivity contribution in [3.63, 3.8) is 0 Å². The number of rotatable bonds is 9. The summed E-state index contributed by atoms with van der Waals surface area (Å²) in [7, 11) is 1.97. The summed E-state index contributed by atoms with van der Waals surface area (Å²) in [5.74, 6) is 1.02. The fraction of sp³-hybridized carbons (Fsp3) is 0.364. The normalized spacial score (nSPS) is 12.3.